The highest BCUT2D eigenvalue weighted by Crippen LogP contribution is 2.29. The number of nitrogens with zero attached hydrogens (tertiary/aromatic N) is 2. The molecule has 4 nitrogen and oxygen atoms in total. The van der Waals surface area contributed by atoms with E-state index in [1.54, 1.807) is 11.3 Å². The summed E-state index contributed by atoms with van der Waals surface area (Å²) in [5.74, 6) is 0.00950. The summed E-state index contributed by atoms with van der Waals surface area (Å²) < 4.78 is 2.07. The van der Waals surface area contributed by atoms with Crippen LogP contribution in [0.5, 0.6) is 0 Å². The van der Waals surface area contributed by atoms with E-state index in [2.05, 4.69) is 27.0 Å². The quantitative estimate of drug-likeness (QED) is 0.731. The van der Waals surface area contributed by atoms with E-state index >= 15 is 0 Å². The second-order valence-electron chi connectivity index (χ2n) is 6.46. The van der Waals surface area contributed by atoms with Crippen LogP contribution in [0.15, 0.2) is 30.5 Å². The van der Waals surface area contributed by atoms with Crippen LogP contribution in [0.1, 0.15) is 35.4 Å². The molecule has 0 aliphatic heterocycles. The van der Waals surface area contributed by atoms with Crippen LogP contribution >= 0.6 is 11.3 Å². The van der Waals surface area contributed by atoms with Gasteiger partial charge in [0.25, 0.3) is 0 Å². The Hall–Kier alpha value is -2.14. The normalized spacial score (nSPS) is 14.4. The number of nitrogens with one attached hydrogen (secondary N) is 1. The van der Waals surface area contributed by atoms with Gasteiger partial charge in [0.05, 0.1) is 12.1 Å². The summed E-state index contributed by atoms with van der Waals surface area (Å²) in [6.45, 7) is 0. The van der Waals surface area contributed by atoms with Gasteiger partial charge in [0.2, 0.25) is 5.91 Å². The van der Waals surface area contributed by atoms with Crippen molar-refractivity contribution in [2.24, 2.45) is 7.05 Å². The molecule has 1 aliphatic rings. The summed E-state index contributed by atoms with van der Waals surface area (Å²) in [5.41, 5.74) is 3.41. The molecule has 0 fully saturated rings. The lowest BCUT2D eigenvalue weighted by atomic mass is 10.1. The summed E-state index contributed by atoms with van der Waals surface area (Å²) in [7, 11) is 2.02. The highest BCUT2D eigenvalue weighted by Gasteiger charge is 2.16. The lowest BCUT2D eigenvalue weighted by Gasteiger charge is -2.01. The zero-order valence-electron chi connectivity index (χ0n) is 13.8. The number of hydrogen-bond donors (Lipinski definition) is 1. The minimum absolute atomic E-state index is 0.00950. The molecule has 4 rings (SSSR count). The van der Waals surface area contributed by atoms with Crippen molar-refractivity contribution in [2.45, 2.75) is 38.5 Å². The minimum atomic E-state index is 0.00950. The van der Waals surface area contributed by atoms with Crippen LogP contribution in [0.3, 0.4) is 0 Å². The van der Waals surface area contributed by atoms with E-state index in [9.17, 15) is 4.79 Å². The molecule has 0 saturated heterocycles. The predicted molar refractivity (Wildman–Crippen MR) is 98.6 cm³/mol. The van der Waals surface area contributed by atoms with Gasteiger partial charge in [-0.3, -0.25) is 4.79 Å². The van der Waals surface area contributed by atoms with Gasteiger partial charge in [0.15, 0.2) is 5.13 Å². The third-order valence-electron chi connectivity index (χ3n) is 4.67. The molecule has 1 aromatic carbocycles. The molecule has 2 heterocycles. The van der Waals surface area contributed by atoms with Crippen LogP contribution in [0.2, 0.25) is 0 Å². The number of benzene rings is 1. The molecule has 0 bridgehead atoms. The van der Waals surface area contributed by atoms with Gasteiger partial charge in [-0.2, -0.15) is 0 Å². The number of rotatable bonds is 3. The van der Waals surface area contributed by atoms with Crippen LogP contribution in [-0.4, -0.2) is 15.5 Å². The van der Waals surface area contributed by atoms with Crippen LogP contribution < -0.4 is 5.32 Å². The fourth-order valence-electron chi connectivity index (χ4n) is 3.49. The van der Waals surface area contributed by atoms with Gasteiger partial charge in [-0.1, -0.05) is 24.6 Å². The van der Waals surface area contributed by atoms with Crippen molar-refractivity contribution in [3.63, 3.8) is 0 Å². The zero-order chi connectivity index (χ0) is 16.5. The lowest BCUT2D eigenvalue weighted by molar-refractivity contribution is -0.115. The first-order chi connectivity index (χ1) is 11.7. The summed E-state index contributed by atoms with van der Waals surface area (Å²) in [4.78, 5) is 18.5. The first kappa shape index (κ1) is 15.4. The van der Waals surface area contributed by atoms with E-state index in [4.69, 9.17) is 0 Å². The Balaban J connectivity index is 1.50. The van der Waals surface area contributed by atoms with E-state index in [0.717, 1.165) is 34.4 Å². The molecule has 0 unspecified atom stereocenters. The fraction of sp³-hybridized carbons (Fsp3) is 0.368. The van der Waals surface area contributed by atoms with Crippen molar-refractivity contribution >= 4 is 33.3 Å². The van der Waals surface area contributed by atoms with E-state index in [1.807, 2.05) is 25.4 Å². The Morgan fingerprint density at radius 1 is 1.25 bits per heavy atom. The van der Waals surface area contributed by atoms with Crippen LogP contribution in [0.25, 0.3) is 10.9 Å². The zero-order valence-corrected chi connectivity index (χ0v) is 14.7. The number of para-hydroxylation sites is 1. The van der Waals surface area contributed by atoms with Crippen LogP contribution in [0, 0.1) is 0 Å². The molecule has 0 radical (unpaired) electrons. The van der Waals surface area contributed by atoms with Crippen molar-refractivity contribution in [2.75, 3.05) is 5.32 Å². The summed E-state index contributed by atoms with van der Waals surface area (Å²) in [6, 6.07) is 8.19. The number of aryl methyl sites for hydroxylation is 3. The first-order valence-electron chi connectivity index (χ1n) is 8.52. The maximum absolute atomic E-state index is 12.5. The number of carbonyl (C=O) groups is 1. The van der Waals surface area contributed by atoms with Crippen molar-refractivity contribution in [1.29, 1.82) is 0 Å². The summed E-state index contributed by atoms with van der Waals surface area (Å²) in [6.07, 6.45) is 8.30. The third-order valence-corrected chi connectivity index (χ3v) is 5.75. The van der Waals surface area contributed by atoms with Gasteiger partial charge in [-0.05, 0) is 37.3 Å². The summed E-state index contributed by atoms with van der Waals surface area (Å²) >= 11 is 1.65. The molecule has 0 atom stereocenters. The molecule has 124 valence electrons. The van der Waals surface area contributed by atoms with Gasteiger partial charge in [0.1, 0.15) is 0 Å². The van der Waals surface area contributed by atoms with Gasteiger partial charge >= 0.3 is 0 Å². The van der Waals surface area contributed by atoms with E-state index in [1.165, 1.54) is 29.8 Å². The number of thiazole rings is 1. The van der Waals surface area contributed by atoms with Gasteiger partial charge in [0, 0.05) is 29.0 Å². The molecule has 1 N–H and O–H groups in total. The molecule has 1 aliphatic carbocycles. The van der Waals surface area contributed by atoms with Gasteiger partial charge in [-0.25, -0.2) is 4.98 Å². The monoisotopic (exact) mass is 339 g/mol. The lowest BCUT2D eigenvalue weighted by Crippen LogP contribution is -2.14. The standard InChI is InChI=1S/C19H21N3OS/c1-22-12-13(14-7-5-6-9-16(14)22)11-18(23)21-19-20-15-8-3-2-4-10-17(15)24-19/h5-7,9,12H,2-4,8,10-11H2,1H3,(H,20,21,23). The maximum Gasteiger partial charge on any atom is 0.230 e. The average Bonchev–Trinajstić information content (AvgIpc) is 3.01. The number of carbonyl (C=O) groups excluding carboxylic acids is 1. The Morgan fingerprint density at radius 3 is 3.00 bits per heavy atom. The van der Waals surface area contributed by atoms with Crippen molar-refractivity contribution in [1.82, 2.24) is 9.55 Å². The Labute approximate surface area is 145 Å². The summed E-state index contributed by atoms with van der Waals surface area (Å²) in [5, 5.41) is 4.90. The molecule has 0 spiro atoms. The number of amides is 1. The molecule has 5 heteroatoms. The number of aromatic nitrogens is 2. The van der Waals surface area contributed by atoms with Crippen LogP contribution in [0.4, 0.5) is 5.13 Å². The highest BCUT2D eigenvalue weighted by molar-refractivity contribution is 7.15. The fourth-order valence-corrected chi connectivity index (χ4v) is 4.55. The largest absolute Gasteiger partial charge is 0.350 e. The molecular weight excluding hydrogens is 318 g/mol. The second-order valence-corrected chi connectivity index (χ2v) is 7.54. The molecule has 1 amide bonds. The average molecular weight is 339 g/mol. The SMILES string of the molecule is Cn1cc(CC(=O)Nc2nc3c(s2)CCCCC3)c2ccccc21. The number of hydrogen-bond acceptors (Lipinski definition) is 3. The van der Waals surface area contributed by atoms with Crippen molar-refractivity contribution in [3.8, 4) is 0 Å². The Kier molecular flexibility index (Phi) is 4.10. The van der Waals surface area contributed by atoms with E-state index in [0.29, 0.717) is 6.42 Å². The Bertz CT molecular complexity index is 870. The van der Waals surface area contributed by atoms with Crippen molar-refractivity contribution in [3.05, 3.63) is 46.6 Å². The predicted octanol–water partition coefficient (Wildman–Crippen LogP) is 4.08. The maximum atomic E-state index is 12.5. The van der Waals surface area contributed by atoms with E-state index < -0.39 is 0 Å². The number of anilines is 1. The highest BCUT2D eigenvalue weighted by atomic mass is 32.1. The van der Waals surface area contributed by atoms with Gasteiger partial charge < -0.3 is 9.88 Å². The van der Waals surface area contributed by atoms with Gasteiger partial charge in [-0.15, -0.1) is 11.3 Å². The van der Waals surface area contributed by atoms with Crippen molar-refractivity contribution < 1.29 is 4.79 Å². The first-order valence-corrected chi connectivity index (χ1v) is 9.34. The Morgan fingerprint density at radius 2 is 2.08 bits per heavy atom. The topological polar surface area (TPSA) is 46.9 Å². The molecule has 3 aromatic rings. The smallest absolute Gasteiger partial charge is 0.230 e. The van der Waals surface area contributed by atoms with Crippen LogP contribution in [-0.2, 0) is 31.1 Å². The number of fused-ring (bicyclic) bond motifs is 2. The molecule has 0 saturated carbocycles. The minimum Gasteiger partial charge on any atom is -0.350 e. The molecule has 24 heavy (non-hydrogen) atoms. The van der Waals surface area contributed by atoms with E-state index in [-0.39, 0.29) is 5.91 Å². The third kappa shape index (κ3) is 2.96. The second kappa shape index (κ2) is 6.40. The molecule has 2 aromatic heterocycles. The molecular formula is C19H21N3OS.